The van der Waals surface area contributed by atoms with Crippen LogP contribution in [0, 0.1) is 17.0 Å². The second-order valence-electron chi connectivity index (χ2n) is 10.4. The zero-order valence-corrected chi connectivity index (χ0v) is 24.9. The SMILES string of the molecule is Cc1ccc(S(=O)(=O)c2c(NC(=O)/C=C\c3cccc([N+](=O)[O-])c3)n(CCc3ccccc3)c3nc4ccccc4nc23)cc1. The lowest BCUT2D eigenvalue weighted by Gasteiger charge is -2.13. The highest BCUT2D eigenvalue weighted by Crippen LogP contribution is 2.37. The molecule has 0 fully saturated rings. The lowest BCUT2D eigenvalue weighted by atomic mass is 10.1. The number of carbonyl (C=O) groups excluding carboxylic acids is 1. The predicted molar refractivity (Wildman–Crippen MR) is 173 cm³/mol. The Labute approximate surface area is 258 Å². The molecule has 2 aromatic heterocycles. The summed E-state index contributed by atoms with van der Waals surface area (Å²) in [5, 5.41) is 14.0. The molecule has 0 saturated heterocycles. The average molecular weight is 618 g/mol. The number of sulfone groups is 1. The molecule has 0 aliphatic carbocycles. The number of fused-ring (bicyclic) bond motifs is 2. The van der Waals surface area contributed by atoms with Gasteiger partial charge in [-0.05, 0) is 54.8 Å². The van der Waals surface area contributed by atoms with Crippen LogP contribution in [-0.4, -0.2) is 33.8 Å². The summed E-state index contributed by atoms with van der Waals surface area (Å²) in [6.45, 7) is 2.16. The number of non-ortho nitro benzene ring substituents is 1. The summed E-state index contributed by atoms with van der Waals surface area (Å²) in [7, 11) is -4.21. The number of benzene rings is 4. The van der Waals surface area contributed by atoms with Crippen molar-refractivity contribution in [2.45, 2.75) is 29.7 Å². The topological polar surface area (TPSA) is 137 Å². The molecule has 11 heteroatoms. The lowest BCUT2D eigenvalue weighted by Crippen LogP contribution is -2.16. The van der Waals surface area contributed by atoms with Gasteiger partial charge in [-0.25, -0.2) is 18.4 Å². The molecular formula is C34H27N5O5S. The number of aromatic nitrogens is 3. The number of nitro benzene ring substituents is 1. The van der Waals surface area contributed by atoms with Crippen LogP contribution < -0.4 is 5.32 Å². The monoisotopic (exact) mass is 617 g/mol. The molecule has 0 saturated carbocycles. The zero-order chi connectivity index (χ0) is 31.6. The summed E-state index contributed by atoms with van der Waals surface area (Å²) in [5.74, 6) is -0.597. The Kier molecular flexibility index (Phi) is 7.93. The van der Waals surface area contributed by atoms with E-state index in [0.717, 1.165) is 11.1 Å². The van der Waals surface area contributed by atoms with Crippen LogP contribution in [0.3, 0.4) is 0 Å². The molecule has 0 radical (unpaired) electrons. The molecule has 4 aromatic carbocycles. The van der Waals surface area contributed by atoms with Gasteiger partial charge in [0.1, 0.15) is 16.2 Å². The Balaban J connectivity index is 1.53. The fourth-order valence-corrected chi connectivity index (χ4v) is 6.60. The number of aryl methyl sites for hydroxylation is 3. The van der Waals surface area contributed by atoms with E-state index in [4.69, 9.17) is 9.97 Å². The number of nitrogens with zero attached hydrogens (tertiary/aromatic N) is 4. The van der Waals surface area contributed by atoms with Gasteiger partial charge in [0.2, 0.25) is 15.7 Å². The maximum Gasteiger partial charge on any atom is 0.270 e. The highest BCUT2D eigenvalue weighted by atomic mass is 32.2. The van der Waals surface area contributed by atoms with Crippen LogP contribution >= 0.6 is 0 Å². The molecule has 0 unspecified atom stereocenters. The average Bonchev–Trinajstić information content (AvgIpc) is 3.34. The maximum atomic E-state index is 14.4. The molecule has 6 rings (SSSR count). The van der Waals surface area contributed by atoms with Crippen molar-refractivity contribution in [1.29, 1.82) is 0 Å². The number of nitrogens with one attached hydrogen (secondary N) is 1. The van der Waals surface area contributed by atoms with Crippen molar-refractivity contribution in [3.05, 3.63) is 136 Å². The van der Waals surface area contributed by atoms with Crippen LogP contribution in [0.4, 0.5) is 11.5 Å². The van der Waals surface area contributed by atoms with Gasteiger partial charge in [-0.1, -0.05) is 72.3 Å². The van der Waals surface area contributed by atoms with Gasteiger partial charge in [-0.2, -0.15) is 0 Å². The third kappa shape index (κ3) is 6.06. The van der Waals surface area contributed by atoms with Crippen molar-refractivity contribution in [3.63, 3.8) is 0 Å². The van der Waals surface area contributed by atoms with Gasteiger partial charge in [0.25, 0.3) is 5.69 Å². The fourth-order valence-electron chi connectivity index (χ4n) is 5.06. The second kappa shape index (κ2) is 12.1. The van der Waals surface area contributed by atoms with Crippen LogP contribution in [-0.2, 0) is 27.6 Å². The zero-order valence-electron chi connectivity index (χ0n) is 24.1. The third-order valence-electron chi connectivity index (χ3n) is 7.32. The molecule has 0 atom stereocenters. The largest absolute Gasteiger partial charge is 0.309 e. The molecule has 0 aliphatic heterocycles. The van der Waals surface area contributed by atoms with Crippen molar-refractivity contribution < 1.29 is 18.1 Å². The highest BCUT2D eigenvalue weighted by Gasteiger charge is 2.32. The number of hydrogen-bond acceptors (Lipinski definition) is 7. The molecular weight excluding hydrogens is 590 g/mol. The molecule has 6 aromatic rings. The van der Waals surface area contributed by atoms with Crippen LogP contribution in [0.25, 0.3) is 28.3 Å². The van der Waals surface area contributed by atoms with E-state index in [1.807, 2.05) is 43.3 Å². The summed E-state index contributed by atoms with van der Waals surface area (Å²) < 4.78 is 30.4. The molecule has 1 N–H and O–H groups in total. The first-order chi connectivity index (χ1) is 21.7. The number of para-hydroxylation sites is 2. The summed E-state index contributed by atoms with van der Waals surface area (Å²) in [6.07, 6.45) is 3.16. The molecule has 45 heavy (non-hydrogen) atoms. The quantitative estimate of drug-likeness (QED) is 0.111. The van der Waals surface area contributed by atoms with Crippen molar-refractivity contribution in [3.8, 4) is 0 Å². The van der Waals surface area contributed by atoms with E-state index in [0.29, 0.717) is 35.2 Å². The Bertz CT molecular complexity index is 2210. The van der Waals surface area contributed by atoms with Gasteiger partial charge in [-0.3, -0.25) is 14.9 Å². The Morgan fingerprint density at radius 2 is 1.60 bits per heavy atom. The van der Waals surface area contributed by atoms with E-state index in [2.05, 4.69) is 5.32 Å². The first kappa shape index (κ1) is 29.4. The number of amides is 1. The Hall–Kier alpha value is -5.68. The van der Waals surface area contributed by atoms with Crippen LogP contribution in [0.5, 0.6) is 0 Å². The highest BCUT2D eigenvalue weighted by molar-refractivity contribution is 7.92. The predicted octanol–water partition coefficient (Wildman–Crippen LogP) is 6.53. The molecule has 10 nitrogen and oxygen atoms in total. The molecule has 224 valence electrons. The number of rotatable bonds is 9. The number of carbonyl (C=O) groups is 1. The second-order valence-corrected chi connectivity index (χ2v) is 12.3. The van der Waals surface area contributed by atoms with Crippen LogP contribution in [0.15, 0.2) is 119 Å². The summed E-state index contributed by atoms with van der Waals surface area (Å²) in [4.78, 5) is 33.6. The molecule has 0 aliphatic rings. The smallest absolute Gasteiger partial charge is 0.270 e. The third-order valence-corrected chi connectivity index (χ3v) is 9.14. The Morgan fingerprint density at radius 3 is 2.31 bits per heavy atom. The van der Waals surface area contributed by atoms with Gasteiger partial charge >= 0.3 is 0 Å². The fraction of sp³-hybridized carbons (Fsp3) is 0.0882. The normalized spacial score (nSPS) is 11.8. The van der Waals surface area contributed by atoms with E-state index in [1.54, 1.807) is 41.0 Å². The van der Waals surface area contributed by atoms with E-state index < -0.39 is 20.7 Å². The van der Waals surface area contributed by atoms with Crippen molar-refractivity contribution in [2.75, 3.05) is 5.32 Å². The molecule has 2 heterocycles. The number of hydrogen-bond donors (Lipinski definition) is 1. The van der Waals surface area contributed by atoms with E-state index in [9.17, 15) is 23.3 Å². The van der Waals surface area contributed by atoms with Crippen LogP contribution in [0.1, 0.15) is 16.7 Å². The van der Waals surface area contributed by atoms with Gasteiger partial charge in [-0.15, -0.1) is 0 Å². The summed E-state index contributed by atoms with van der Waals surface area (Å²) >= 11 is 0. The first-order valence-electron chi connectivity index (χ1n) is 14.1. The molecule has 1 amide bonds. The number of anilines is 1. The van der Waals surface area contributed by atoms with E-state index in [-0.39, 0.29) is 26.8 Å². The summed E-state index contributed by atoms with van der Waals surface area (Å²) in [5.41, 5.74) is 3.76. The van der Waals surface area contributed by atoms with Crippen molar-refractivity contribution >= 4 is 55.5 Å². The van der Waals surface area contributed by atoms with Gasteiger partial charge in [0.15, 0.2) is 5.65 Å². The van der Waals surface area contributed by atoms with E-state index in [1.165, 1.54) is 42.5 Å². The number of nitro groups is 1. The van der Waals surface area contributed by atoms with Crippen molar-refractivity contribution in [1.82, 2.24) is 14.5 Å². The van der Waals surface area contributed by atoms with Gasteiger partial charge in [0, 0.05) is 24.8 Å². The van der Waals surface area contributed by atoms with Gasteiger partial charge in [0.05, 0.1) is 20.9 Å². The van der Waals surface area contributed by atoms with Crippen molar-refractivity contribution in [2.24, 2.45) is 0 Å². The van der Waals surface area contributed by atoms with Crippen LogP contribution in [0.2, 0.25) is 0 Å². The first-order valence-corrected chi connectivity index (χ1v) is 15.6. The molecule has 0 bridgehead atoms. The van der Waals surface area contributed by atoms with Gasteiger partial charge < -0.3 is 9.88 Å². The maximum absolute atomic E-state index is 14.4. The minimum Gasteiger partial charge on any atom is -0.309 e. The summed E-state index contributed by atoms with van der Waals surface area (Å²) in [6, 6.07) is 29.2. The lowest BCUT2D eigenvalue weighted by molar-refractivity contribution is -0.384. The minimum atomic E-state index is -4.21. The Morgan fingerprint density at radius 1 is 0.911 bits per heavy atom. The minimum absolute atomic E-state index is 0.0329. The standard InChI is InChI=1S/C34H27N5O5S/c1-23-14-17-27(18-15-23)45(43,44)32-31-33(36-29-13-6-5-12-28(29)35-31)38(21-20-24-8-3-2-4-9-24)34(32)37-30(40)19-16-25-10-7-11-26(22-25)39(41)42/h2-19,22H,20-21H2,1H3,(H,37,40)/b19-16-. The van der Waals surface area contributed by atoms with E-state index >= 15 is 0 Å². The molecule has 0 spiro atoms.